The summed E-state index contributed by atoms with van der Waals surface area (Å²) in [4.78, 5) is 73.2. The smallest absolute Gasteiger partial charge is 0.331 e. The summed E-state index contributed by atoms with van der Waals surface area (Å²) in [7, 11) is 0. The molecule has 0 saturated heterocycles. The largest absolute Gasteiger partial charge is 0.465 e. The zero-order valence-electron chi connectivity index (χ0n) is 33.0. The van der Waals surface area contributed by atoms with E-state index in [0.717, 1.165) is 0 Å². The van der Waals surface area contributed by atoms with E-state index < -0.39 is 41.4 Å². The number of esters is 3. The first kappa shape index (κ1) is 47.5. The maximum atomic E-state index is 12.3. The van der Waals surface area contributed by atoms with Gasteiger partial charge in [0.15, 0.2) is 11.6 Å². The molecule has 6 aromatic rings. The zero-order chi connectivity index (χ0) is 46.9. The highest BCUT2D eigenvalue weighted by Gasteiger charge is 2.32. The first-order valence-corrected chi connectivity index (χ1v) is 18.5. The summed E-state index contributed by atoms with van der Waals surface area (Å²) >= 11 is 11.4. The van der Waals surface area contributed by atoms with Crippen LogP contribution >= 0.6 is 23.2 Å². The number of carbonyl (C=O) groups is 3. The molecule has 0 bridgehead atoms. The van der Waals surface area contributed by atoms with Gasteiger partial charge in [-0.2, -0.15) is 41.3 Å². The number of fused-ring (bicyclic) bond motifs is 2. The van der Waals surface area contributed by atoms with Gasteiger partial charge in [0.25, 0.3) is 11.8 Å². The molecule has 0 fully saturated rings. The van der Waals surface area contributed by atoms with Crippen LogP contribution < -0.4 is 0 Å². The molecule has 0 amide bonds. The lowest BCUT2D eigenvalue weighted by Crippen LogP contribution is -2.22. The molecule has 4 heterocycles. The maximum Gasteiger partial charge on any atom is 0.331 e. The summed E-state index contributed by atoms with van der Waals surface area (Å²) in [5.74, 6) is -6.69. The van der Waals surface area contributed by atoms with Gasteiger partial charge in [0.1, 0.15) is 28.6 Å². The standard InChI is InChI=1S/C22H14N8O5.C12H2Cl2N6O.C5H7NO2/c1-4-33-21(31)12(9-24)17-28-18(13(10-25)22(32)34-5-2)30-19(29-17)20-27-15-6-11(8-23)14(26-3)7-16(15)35-20;1-16-6-3-8-7(2-5(6)4-15)17-10(21-8)9-18-11(13)20-12(14)19-9;1-2-8-5(7)3-4-6/h6-7,12-13H,4-5H2,1-2H3;2-3H;2-3H2,1H3. The molecule has 0 saturated carbocycles. The van der Waals surface area contributed by atoms with Gasteiger partial charge in [0.2, 0.25) is 45.4 Å². The molecule has 0 N–H and O–H groups in total. The number of rotatable bonds is 10. The number of ether oxygens (including phenoxy) is 3. The van der Waals surface area contributed by atoms with Crippen LogP contribution in [0.3, 0.4) is 0 Å². The number of carbonyl (C=O) groups excluding carboxylic acids is 3. The van der Waals surface area contributed by atoms with Crippen LogP contribution in [0.25, 0.3) is 55.3 Å². The second-order valence-corrected chi connectivity index (χ2v) is 12.2. The molecule has 0 spiro atoms. The molecule has 4 aromatic heterocycles. The van der Waals surface area contributed by atoms with E-state index in [2.05, 4.69) is 54.3 Å². The number of oxazole rings is 2. The average molecular weight is 901 g/mol. The Morgan fingerprint density at radius 3 is 1.42 bits per heavy atom. The van der Waals surface area contributed by atoms with E-state index in [0.29, 0.717) is 17.7 Å². The summed E-state index contributed by atoms with van der Waals surface area (Å²) in [6.07, 6.45) is -0.145. The van der Waals surface area contributed by atoms with Crippen LogP contribution in [0.15, 0.2) is 33.1 Å². The Bertz CT molecular complexity index is 2910. The van der Waals surface area contributed by atoms with Crippen molar-refractivity contribution in [1.29, 1.82) is 26.3 Å². The van der Waals surface area contributed by atoms with Gasteiger partial charge in [-0.3, -0.25) is 14.4 Å². The SMILES string of the molecule is CCOC(=O)CC#N.[C-]#[N+]c1cc2oc(-c3nc(C(C#N)C(=O)OCC)nc(C(C#N)C(=O)OCC)n3)nc2cc1C#N.[C-]#[N+]c1cc2oc(-c3nc(Cl)nc(Cl)n3)nc2cc1C#N. The molecule has 2 atom stereocenters. The molecule has 2 aromatic carbocycles. The van der Waals surface area contributed by atoms with Crippen molar-refractivity contribution in [3.63, 3.8) is 0 Å². The van der Waals surface area contributed by atoms with Gasteiger partial charge in [0, 0.05) is 0 Å². The normalized spacial score (nSPS) is 10.8. The summed E-state index contributed by atoms with van der Waals surface area (Å²) in [5.41, 5.74) is 1.59. The van der Waals surface area contributed by atoms with Gasteiger partial charge in [-0.05, 0) is 68.2 Å². The van der Waals surface area contributed by atoms with Crippen LogP contribution in [0, 0.1) is 69.8 Å². The van der Waals surface area contributed by atoms with Crippen molar-refractivity contribution in [3.05, 3.63) is 80.4 Å². The van der Waals surface area contributed by atoms with Crippen LogP contribution in [-0.2, 0) is 28.6 Å². The average Bonchev–Trinajstić information content (AvgIpc) is 3.90. The number of nitrogens with zero attached hydrogens (tertiary/aromatic N) is 15. The van der Waals surface area contributed by atoms with E-state index in [9.17, 15) is 30.2 Å². The molecular weight excluding hydrogens is 877 g/mol. The minimum atomic E-state index is -1.60. The van der Waals surface area contributed by atoms with Crippen molar-refractivity contribution < 1.29 is 37.4 Å². The predicted octanol–water partition coefficient (Wildman–Crippen LogP) is 6.32. The van der Waals surface area contributed by atoms with Gasteiger partial charge in [-0.25, -0.2) is 34.6 Å². The number of hydrogen-bond acceptors (Lipinski definition) is 21. The van der Waals surface area contributed by atoms with E-state index in [4.69, 9.17) is 65.2 Å². The van der Waals surface area contributed by atoms with Crippen LogP contribution in [0.4, 0.5) is 11.4 Å². The minimum absolute atomic E-state index is 0.0127. The van der Waals surface area contributed by atoms with E-state index in [-0.39, 0.29) is 87.2 Å². The third-order valence-corrected chi connectivity index (χ3v) is 7.81. The highest BCUT2D eigenvalue weighted by Crippen LogP contribution is 2.31. The number of nitriles is 5. The summed E-state index contributed by atoms with van der Waals surface area (Å²) in [6.45, 7) is 19.4. The second-order valence-electron chi connectivity index (χ2n) is 11.5. The zero-order valence-corrected chi connectivity index (χ0v) is 34.5. The fourth-order valence-electron chi connectivity index (χ4n) is 4.83. The molecule has 0 radical (unpaired) electrons. The monoisotopic (exact) mass is 899 g/mol. The minimum Gasteiger partial charge on any atom is -0.465 e. The number of aromatic nitrogens is 8. The Balaban J connectivity index is 0.000000259. The van der Waals surface area contributed by atoms with Crippen LogP contribution in [0.1, 0.15) is 61.8 Å². The summed E-state index contributed by atoms with van der Waals surface area (Å²) in [6, 6.07) is 14.5. The van der Waals surface area contributed by atoms with Crippen LogP contribution in [0.2, 0.25) is 10.6 Å². The van der Waals surface area contributed by atoms with E-state index >= 15 is 0 Å². The molecular formula is C39H23Cl2N15O8. The molecule has 0 aliphatic carbocycles. The van der Waals surface area contributed by atoms with Crippen LogP contribution in [-0.4, -0.2) is 77.6 Å². The summed E-state index contributed by atoms with van der Waals surface area (Å²) < 4.78 is 25.3. The van der Waals surface area contributed by atoms with Crippen molar-refractivity contribution in [2.24, 2.45) is 0 Å². The van der Waals surface area contributed by atoms with Crippen molar-refractivity contribution in [2.45, 2.75) is 39.0 Å². The first-order valence-electron chi connectivity index (χ1n) is 17.7. The fourth-order valence-corrected chi connectivity index (χ4v) is 5.19. The van der Waals surface area contributed by atoms with Gasteiger partial charge >= 0.3 is 17.9 Å². The Kier molecular flexibility index (Phi) is 16.6. The van der Waals surface area contributed by atoms with E-state index in [1.54, 1.807) is 39.0 Å². The Hall–Kier alpha value is -9.18. The maximum absolute atomic E-state index is 12.3. The molecule has 0 aliphatic heterocycles. The Labute approximate surface area is 370 Å². The molecule has 25 heteroatoms. The molecule has 0 aliphatic rings. The predicted molar refractivity (Wildman–Crippen MR) is 214 cm³/mol. The van der Waals surface area contributed by atoms with Gasteiger partial charge in [-0.15, -0.1) is 0 Å². The quantitative estimate of drug-likeness (QED) is 0.0824. The second kappa shape index (κ2) is 22.4. The van der Waals surface area contributed by atoms with Crippen molar-refractivity contribution in [1.82, 2.24) is 39.9 Å². The lowest BCUT2D eigenvalue weighted by molar-refractivity contribution is -0.144. The third-order valence-electron chi connectivity index (χ3n) is 7.47. The van der Waals surface area contributed by atoms with Crippen molar-refractivity contribution in [2.75, 3.05) is 19.8 Å². The van der Waals surface area contributed by atoms with Crippen molar-refractivity contribution in [3.8, 4) is 53.8 Å². The lowest BCUT2D eigenvalue weighted by atomic mass is 10.1. The van der Waals surface area contributed by atoms with E-state index in [1.165, 1.54) is 24.3 Å². The lowest BCUT2D eigenvalue weighted by Gasteiger charge is -2.11. The van der Waals surface area contributed by atoms with Gasteiger partial charge < -0.3 is 23.0 Å². The third kappa shape index (κ3) is 11.5. The molecule has 6 rings (SSSR count). The van der Waals surface area contributed by atoms with Crippen LogP contribution in [0.5, 0.6) is 0 Å². The van der Waals surface area contributed by atoms with Crippen molar-refractivity contribution >= 4 is 74.7 Å². The van der Waals surface area contributed by atoms with Gasteiger partial charge in [-0.1, -0.05) is 0 Å². The van der Waals surface area contributed by atoms with Gasteiger partial charge in [0.05, 0.1) is 74.4 Å². The van der Waals surface area contributed by atoms with E-state index in [1.807, 2.05) is 12.1 Å². The number of hydrogen-bond donors (Lipinski definition) is 0. The molecule has 316 valence electrons. The fraction of sp³-hybridized carbons (Fsp3) is 0.231. The number of halogens is 2. The summed E-state index contributed by atoms with van der Waals surface area (Å²) in [5, 5.41) is 45.0. The molecule has 64 heavy (non-hydrogen) atoms. The first-order chi connectivity index (χ1) is 30.8. The molecule has 23 nitrogen and oxygen atoms in total. The topological polar surface area (TPSA) is 336 Å². The Morgan fingerprint density at radius 1 is 0.641 bits per heavy atom. The highest BCUT2D eigenvalue weighted by molar-refractivity contribution is 6.31. The Morgan fingerprint density at radius 2 is 1.06 bits per heavy atom. The highest BCUT2D eigenvalue weighted by atomic mass is 35.5. The molecule has 2 unspecified atom stereocenters. The number of benzene rings is 2.